The van der Waals surface area contributed by atoms with Crippen molar-refractivity contribution in [1.29, 1.82) is 0 Å². The Bertz CT molecular complexity index is 532. The molecule has 12 heteroatoms. The SMILES string of the molecule is Nc1ncnc2nc[nH]c12.O=[P+](O)O[P+](=O)O. The summed E-state index contributed by atoms with van der Waals surface area (Å²) < 4.78 is 22.2. The van der Waals surface area contributed by atoms with Gasteiger partial charge in [-0.15, -0.1) is 9.79 Å². The summed E-state index contributed by atoms with van der Waals surface area (Å²) in [7, 11) is -5.85. The zero-order valence-electron chi connectivity index (χ0n) is 8.09. The molecule has 0 aliphatic heterocycles. The van der Waals surface area contributed by atoms with E-state index in [0.717, 1.165) is 0 Å². The second kappa shape index (κ2) is 6.24. The van der Waals surface area contributed by atoms with E-state index in [1.807, 2.05) is 0 Å². The second-order valence-corrected chi connectivity index (χ2v) is 4.02. The predicted octanol–water partition coefficient (Wildman–Crippen LogP) is 0.238. The van der Waals surface area contributed by atoms with Crippen LogP contribution in [0, 0.1) is 0 Å². The lowest BCUT2D eigenvalue weighted by Gasteiger charge is -1.89. The van der Waals surface area contributed by atoms with Crippen molar-refractivity contribution >= 4 is 33.5 Å². The number of hydrogen-bond acceptors (Lipinski definition) is 7. The first kappa shape index (κ1) is 13.5. The molecule has 0 saturated carbocycles. The molecule has 2 unspecified atom stereocenters. The third-order valence-corrected chi connectivity index (χ3v) is 2.51. The van der Waals surface area contributed by atoms with E-state index in [1.54, 1.807) is 0 Å². The average molecular weight is 279 g/mol. The molecule has 90 valence electrons. The lowest BCUT2D eigenvalue weighted by atomic mass is 10.5. The van der Waals surface area contributed by atoms with Gasteiger partial charge in [-0.25, -0.2) is 15.0 Å². The van der Waals surface area contributed by atoms with Crippen LogP contribution in [0.25, 0.3) is 11.2 Å². The normalized spacial score (nSPS) is 11.6. The number of fused-ring (bicyclic) bond motifs is 1. The number of rotatable bonds is 2. The van der Waals surface area contributed by atoms with E-state index < -0.39 is 16.5 Å². The van der Waals surface area contributed by atoms with Crippen LogP contribution in [0.3, 0.4) is 0 Å². The Hall–Kier alpha value is -1.57. The molecule has 0 spiro atoms. The molecule has 2 rings (SSSR count). The number of nitrogens with one attached hydrogen (secondary N) is 1. The van der Waals surface area contributed by atoms with Gasteiger partial charge in [0.1, 0.15) is 11.8 Å². The zero-order chi connectivity index (χ0) is 12.8. The Morgan fingerprint density at radius 3 is 2.35 bits per heavy atom. The summed E-state index contributed by atoms with van der Waals surface area (Å²) in [5, 5.41) is 0. The largest absolute Gasteiger partial charge is 0.745 e. The van der Waals surface area contributed by atoms with E-state index >= 15 is 0 Å². The van der Waals surface area contributed by atoms with Gasteiger partial charge < -0.3 is 10.7 Å². The van der Waals surface area contributed by atoms with Gasteiger partial charge in [0.15, 0.2) is 15.8 Å². The summed E-state index contributed by atoms with van der Waals surface area (Å²) in [4.78, 5) is 29.7. The van der Waals surface area contributed by atoms with Crippen molar-refractivity contribution in [3.05, 3.63) is 12.7 Å². The standard InChI is InChI=1S/C5H5N5.O5P2/c6-4-3-5(9-1-7-3)10-2-8-4;1-6(2)5-7(3)4/h1-2H,(H3,6,7,8,9,10);/p+2. The molecule has 2 aromatic rings. The van der Waals surface area contributed by atoms with Crippen molar-refractivity contribution in [2.45, 2.75) is 0 Å². The number of anilines is 1. The Balaban J connectivity index is 0.000000185. The average Bonchev–Trinajstić information content (AvgIpc) is 2.65. The first-order valence-corrected chi connectivity index (χ1v) is 6.16. The summed E-state index contributed by atoms with van der Waals surface area (Å²) in [6.07, 6.45) is 2.92. The van der Waals surface area contributed by atoms with Gasteiger partial charge in [-0.2, -0.15) is 0 Å². The van der Waals surface area contributed by atoms with Crippen LogP contribution in [0.4, 0.5) is 5.82 Å². The fraction of sp³-hybridized carbons (Fsp3) is 0. The van der Waals surface area contributed by atoms with E-state index in [-0.39, 0.29) is 0 Å². The molecular weight excluding hydrogens is 272 g/mol. The first-order chi connectivity index (χ1) is 8.00. The fourth-order valence-electron chi connectivity index (χ4n) is 0.843. The van der Waals surface area contributed by atoms with Gasteiger partial charge in [-0.3, -0.25) is 0 Å². The first-order valence-electron chi connectivity index (χ1n) is 3.90. The lowest BCUT2D eigenvalue weighted by Crippen LogP contribution is -1.91. The molecular formula is C5H7N5O5P2+2. The van der Waals surface area contributed by atoms with Gasteiger partial charge in [-0.1, -0.05) is 0 Å². The van der Waals surface area contributed by atoms with Crippen molar-refractivity contribution in [3.63, 3.8) is 0 Å². The highest BCUT2D eigenvalue weighted by atomic mass is 31.2. The summed E-state index contributed by atoms with van der Waals surface area (Å²) in [5.41, 5.74) is 6.78. The topological polar surface area (TPSA) is 164 Å². The van der Waals surface area contributed by atoms with Crippen LogP contribution in [-0.2, 0) is 13.4 Å². The van der Waals surface area contributed by atoms with E-state index in [9.17, 15) is 9.13 Å². The molecule has 0 amide bonds. The summed E-state index contributed by atoms with van der Waals surface area (Å²) in [5.74, 6) is 0.433. The number of hydrogen-bond donors (Lipinski definition) is 4. The molecule has 0 aromatic carbocycles. The third kappa shape index (κ3) is 4.43. The van der Waals surface area contributed by atoms with Crippen molar-refractivity contribution in [1.82, 2.24) is 19.9 Å². The monoisotopic (exact) mass is 279 g/mol. The highest BCUT2D eigenvalue weighted by Gasteiger charge is 2.31. The van der Waals surface area contributed by atoms with Gasteiger partial charge in [0.25, 0.3) is 0 Å². The number of aromatic amines is 1. The van der Waals surface area contributed by atoms with Gasteiger partial charge in [-0.05, 0) is 0 Å². The molecule has 0 aliphatic rings. The minimum Gasteiger partial charge on any atom is -0.382 e. The van der Waals surface area contributed by atoms with E-state index in [2.05, 4.69) is 24.2 Å². The van der Waals surface area contributed by atoms with E-state index in [1.165, 1.54) is 12.7 Å². The van der Waals surface area contributed by atoms with Gasteiger partial charge >= 0.3 is 16.5 Å². The molecule has 2 atom stereocenters. The van der Waals surface area contributed by atoms with Crippen LogP contribution in [0.5, 0.6) is 0 Å². The molecule has 0 saturated heterocycles. The number of nitrogens with zero attached hydrogens (tertiary/aromatic N) is 3. The molecule has 2 heterocycles. The fourth-order valence-corrected chi connectivity index (χ4v) is 1.32. The molecule has 10 nitrogen and oxygen atoms in total. The predicted molar refractivity (Wildman–Crippen MR) is 56.8 cm³/mol. The number of H-pyrrole nitrogens is 1. The number of aromatic nitrogens is 4. The van der Waals surface area contributed by atoms with Crippen LogP contribution >= 0.6 is 16.5 Å². The van der Waals surface area contributed by atoms with Gasteiger partial charge in [0, 0.05) is 9.13 Å². The van der Waals surface area contributed by atoms with Crippen molar-refractivity contribution < 1.29 is 23.2 Å². The molecule has 5 N–H and O–H groups in total. The van der Waals surface area contributed by atoms with Crippen LogP contribution in [0.1, 0.15) is 0 Å². The minimum absolute atomic E-state index is 0.433. The molecule has 2 aromatic heterocycles. The molecule has 17 heavy (non-hydrogen) atoms. The summed E-state index contributed by atoms with van der Waals surface area (Å²) in [6.45, 7) is 0. The number of imidazole rings is 1. The van der Waals surface area contributed by atoms with E-state index in [0.29, 0.717) is 17.0 Å². The van der Waals surface area contributed by atoms with Crippen LogP contribution in [-0.4, -0.2) is 29.7 Å². The Kier molecular flexibility index (Phi) is 4.95. The van der Waals surface area contributed by atoms with Crippen molar-refractivity contribution in [3.8, 4) is 0 Å². The van der Waals surface area contributed by atoms with Gasteiger partial charge in [0.2, 0.25) is 0 Å². The highest BCUT2D eigenvalue weighted by molar-refractivity contribution is 7.46. The number of nitrogens with two attached hydrogens (primary N) is 1. The van der Waals surface area contributed by atoms with Crippen molar-refractivity contribution in [2.75, 3.05) is 5.73 Å². The van der Waals surface area contributed by atoms with Crippen molar-refractivity contribution in [2.24, 2.45) is 0 Å². The maximum atomic E-state index is 9.39. The quantitative estimate of drug-likeness (QED) is 0.563. The maximum Gasteiger partial charge on any atom is 0.745 e. The van der Waals surface area contributed by atoms with E-state index in [4.69, 9.17) is 15.5 Å². The Labute approximate surface area is 95.8 Å². The Morgan fingerprint density at radius 2 is 1.88 bits per heavy atom. The summed E-state index contributed by atoms with van der Waals surface area (Å²) in [6, 6.07) is 0. The minimum atomic E-state index is -2.92. The third-order valence-electron chi connectivity index (χ3n) is 1.39. The molecule has 0 bridgehead atoms. The Morgan fingerprint density at radius 1 is 1.24 bits per heavy atom. The van der Waals surface area contributed by atoms with Gasteiger partial charge in [0.05, 0.1) is 6.33 Å². The molecule has 0 radical (unpaired) electrons. The van der Waals surface area contributed by atoms with Crippen LogP contribution in [0.15, 0.2) is 12.7 Å². The summed E-state index contributed by atoms with van der Waals surface area (Å²) >= 11 is 0. The molecule has 0 aliphatic carbocycles. The smallest absolute Gasteiger partial charge is 0.382 e. The lowest BCUT2D eigenvalue weighted by molar-refractivity contribution is 0.371. The highest BCUT2D eigenvalue weighted by Crippen LogP contribution is 2.30. The van der Waals surface area contributed by atoms with Crippen LogP contribution < -0.4 is 5.73 Å². The zero-order valence-corrected chi connectivity index (χ0v) is 9.88. The van der Waals surface area contributed by atoms with Crippen LogP contribution in [0.2, 0.25) is 0 Å². The number of nitrogen functional groups attached to an aromatic ring is 1. The second-order valence-electron chi connectivity index (χ2n) is 2.42. The molecule has 0 fully saturated rings. The maximum absolute atomic E-state index is 9.39.